The van der Waals surface area contributed by atoms with Gasteiger partial charge in [-0.3, -0.25) is 4.79 Å². The number of anilines is 1. The quantitative estimate of drug-likeness (QED) is 0.640. The third kappa shape index (κ3) is 5.08. The minimum absolute atomic E-state index is 0.0551. The summed E-state index contributed by atoms with van der Waals surface area (Å²) < 4.78 is 10.3. The summed E-state index contributed by atoms with van der Waals surface area (Å²) in [5.41, 5.74) is 0.157. The molecule has 8 nitrogen and oxygen atoms in total. The molecule has 2 rings (SSSR count). The van der Waals surface area contributed by atoms with Crippen molar-refractivity contribution in [3.8, 4) is 11.5 Å². The number of ether oxygens (including phenoxy) is 2. The molecule has 1 amide bonds. The lowest BCUT2D eigenvalue weighted by atomic mass is 10.1. The molecule has 0 aliphatic rings. The summed E-state index contributed by atoms with van der Waals surface area (Å²) in [7, 11) is 3.00. The second kappa shape index (κ2) is 8.52. The van der Waals surface area contributed by atoms with E-state index in [4.69, 9.17) is 19.7 Å². The molecular weight excluding hydrogens is 354 g/mol. The second-order valence-corrected chi connectivity index (χ2v) is 5.34. The molecule has 0 unspecified atom stereocenters. The highest BCUT2D eigenvalue weighted by Gasteiger charge is 2.12. The molecule has 0 bridgehead atoms. The van der Waals surface area contributed by atoms with Crippen molar-refractivity contribution in [3.63, 3.8) is 0 Å². The summed E-state index contributed by atoms with van der Waals surface area (Å²) in [6, 6.07) is 8.43. The van der Waals surface area contributed by atoms with Gasteiger partial charge in [0.2, 0.25) is 5.91 Å². The molecule has 0 fully saturated rings. The zero-order chi connectivity index (χ0) is 20.0. The first kappa shape index (κ1) is 19.5. The molecule has 2 aromatic rings. The highest BCUT2D eigenvalue weighted by molar-refractivity contribution is 6.04. The normalized spacial score (nSPS) is 10.4. The Morgan fingerprint density at radius 1 is 0.926 bits per heavy atom. The maximum Gasteiger partial charge on any atom is 0.335 e. The number of methoxy groups -OCH3 is 2. The van der Waals surface area contributed by atoms with Gasteiger partial charge in [0.25, 0.3) is 0 Å². The van der Waals surface area contributed by atoms with Gasteiger partial charge in [0, 0.05) is 17.3 Å². The Morgan fingerprint density at radius 2 is 1.56 bits per heavy atom. The molecule has 0 aromatic heterocycles. The summed E-state index contributed by atoms with van der Waals surface area (Å²) in [4.78, 5) is 34.4. The number of carbonyl (C=O) groups excluding carboxylic acids is 1. The molecule has 0 heterocycles. The first-order chi connectivity index (χ1) is 12.8. The van der Waals surface area contributed by atoms with Crippen molar-refractivity contribution >= 4 is 29.6 Å². The zero-order valence-electron chi connectivity index (χ0n) is 14.6. The van der Waals surface area contributed by atoms with Crippen molar-refractivity contribution in [2.75, 3.05) is 19.5 Å². The minimum atomic E-state index is -1.30. The number of carboxylic acid groups (broad SMARTS) is 2. The van der Waals surface area contributed by atoms with Crippen molar-refractivity contribution in [1.29, 1.82) is 0 Å². The van der Waals surface area contributed by atoms with Gasteiger partial charge in [-0.25, -0.2) is 9.59 Å². The maximum atomic E-state index is 12.1. The minimum Gasteiger partial charge on any atom is -0.497 e. The number of rotatable bonds is 7. The molecule has 0 spiro atoms. The molecule has 0 saturated heterocycles. The van der Waals surface area contributed by atoms with Crippen LogP contribution in [0, 0.1) is 0 Å². The summed E-state index contributed by atoms with van der Waals surface area (Å²) in [6.07, 6.45) is 2.71. The number of hydrogen-bond donors (Lipinski definition) is 3. The number of aromatic carboxylic acids is 2. The van der Waals surface area contributed by atoms with E-state index in [1.165, 1.54) is 38.5 Å². The fourth-order valence-electron chi connectivity index (χ4n) is 2.27. The molecular formula is C19H17NO7. The van der Waals surface area contributed by atoms with Gasteiger partial charge in [0.1, 0.15) is 11.5 Å². The van der Waals surface area contributed by atoms with E-state index >= 15 is 0 Å². The van der Waals surface area contributed by atoms with E-state index in [-0.39, 0.29) is 16.8 Å². The van der Waals surface area contributed by atoms with E-state index in [1.807, 2.05) is 0 Å². The van der Waals surface area contributed by atoms with Crippen molar-refractivity contribution < 1.29 is 34.1 Å². The summed E-state index contributed by atoms with van der Waals surface area (Å²) >= 11 is 0. The van der Waals surface area contributed by atoms with Gasteiger partial charge in [-0.1, -0.05) is 0 Å². The molecule has 0 radical (unpaired) electrons. The van der Waals surface area contributed by atoms with Gasteiger partial charge in [0.05, 0.1) is 25.3 Å². The molecule has 0 aliphatic heterocycles. The van der Waals surface area contributed by atoms with Gasteiger partial charge >= 0.3 is 11.9 Å². The van der Waals surface area contributed by atoms with Crippen LogP contribution in [-0.4, -0.2) is 42.3 Å². The van der Waals surface area contributed by atoms with E-state index in [0.717, 1.165) is 6.07 Å². The lowest BCUT2D eigenvalue weighted by Gasteiger charge is -2.08. The van der Waals surface area contributed by atoms with Gasteiger partial charge in [-0.05, 0) is 42.5 Å². The second-order valence-electron chi connectivity index (χ2n) is 5.34. The summed E-state index contributed by atoms with van der Waals surface area (Å²) in [5, 5.41) is 20.6. The van der Waals surface area contributed by atoms with Crippen LogP contribution in [0.15, 0.2) is 42.5 Å². The fourth-order valence-corrected chi connectivity index (χ4v) is 2.27. The predicted molar refractivity (Wildman–Crippen MR) is 97.6 cm³/mol. The lowest BCUT2D eigenvalue weighted by Crippen LogP contribution is -2.10. The predicted octanol–water partition coefficient (Wildman–Crippen LogP) is 2.75. The highest BCUT2D eigenvalue weighted by atomic mass is 16.5. The number of carboxylic acids is 2. The molecule has 27 heavy (non-hydrogen) atoms. The van der Waals surface area contributed by atoms with E-state index in [0.29, 0.717) is 17.1 Å². The van der Waals surface area contributed by atoms with Crippen molar-refractivity contribution in [3.05, 3.63) is 59.2 Å². The van der Waals surface area contributed by atoms with Crippen LogP contribution in [0.3, 0.4) is 0 Å². The van der Waals surface area contributed by atoms with Crippen LogP contribution in [-0.2, 0) is 4.79 Å². The molecule has 3 N–H and O–H groups in total. The fraction of sp³-hybridized carbons (Fsp3) is 0.105. The Morgan fingerprint density at radius 3 is 2.07 bits per heavy atom. The molecule has 2 aromatic carbocycles. The van der Waals surface area contributed by atoms with Crippen LogP contribution in [0.5, 0.6) is 11.5 Å². The molecule has 8 heteroatoms. The average molecular weight is 371 g/mol. The van der Waals surface area contributed by atoms with Crippen molar-refractivity contribution in [2.45, 2.75) is 0 Å². The van der Waals surface area contributed by atoms with E-state index in [2.05, 4.69) is 5.32 Å². The van der Waals surface area contributed by atoms with E-state index < -0.39 is 17.8 Å². The van der Waals surface area contributed by atoms with E-state index in [9.17, 15) is 14.4 Å². The monoisotopic (exact) mass is 371 g/mol. The Bertz CT molecular complexity index is 886. The molecule has 140 valence electrons. The van der Waals surface area contributed by atoms with Crippen molar-refractivity contribution in [2.24, 2.45) is 0 Å². The number of nitrogens with one attached hydrogen (secondary N) is 1. The smallest absolute Gasteiger partial charge is 0.335 e. The van der Waals surface area contributed by atoms with Crippen LogP contribution in [0.2, 0.25) is 0 Å². The SMILES string of the molecule is COc1ccc(OC)c(/C=C/C(=O)Nc2cc(C(=O)O)cc(C(=O)O)c2)c1. The number of hydrogen-bond acceptors (Lipinski definition) is 5. The van der Waals surface area contributed by atoms with Crippen molar-refractivity contribution in [1.82, 2.24) is 0 Å². The molecule has 0 atom stereocenters. The average Bonchev–Trinajstić information content (AvgIpc) is 2.65. The van der Waals surface area contributed by atoms with Crippen LogP contribution < -0.4 is 14.8 Å². The first-order valence-corrected chi connectivity index (χ1v) is 7.67. The van der Waals surface area contributed by atoms with Gasteiger partial charge in [-0.15, -0.1) is 0 Å². The van der Waals surface area contributed by atoms with Gasteiger partial charge in [-0.2, -0.15) is 0 Å². The largest absolute Gasteiger partial charge is 0.497 e. The Kier molecular flexibility index (Phi) is 6.16. The molecule has 0 saturated carbocycles. The third-order valence-corrected chi connectivity index (χ3v) is 3.55. The number of carbonyl (C=O) groups is 3. The number of amides is 1. The van der Waals surface area contributed by atoms with Gasteiger partial charge in [0.15, 0.2) is 0 Å². The number of benzene rings is 2. The maximum absolute atomic E-state index is 12.1. The Hall–Kier alpha value is -3.81. The van der Waals surface area contributed by atoms with E-state index in [1.54, 1.807) is 18.2 Å². The topological polar surface area (TPSA) is 122 Å². The van der Waals surface area contributed by atoms with Crippen LogP contribution in [0.1, 0.15) is 26.3 Å². The van der Waals surface area contributed by atoms with Crippen LogP contribution in [0.4, 0.5) is 5.69 Å². The summed E-state index contributed by atoms with van der Waals surface area (Å²) in [5.74, 6) is -2.06. The lowest BCUT2D eigenvalue weighted by molar-refractivity contribution is -0.111. The standard InChI is InChI=1S/C19H17NO7/c1-26-15-4-5-16(27-2)11(10-15)3-6-17(21)20-14-8-12(18(22)23)7-13(9-14)19(24)25/h3-10H,1-2H3,(H,20,21)(H,22,23)(H,24,25)/b6-3+. The van der Waals surface area contributed by atoms with Crippen LogP contribution >= 0.6 is 0 Å². The Balaban J connectivity index is 2.24. The third-order valence-electron chi connectivity index (χ3n) is 3.55. The summed E-state index contributed by atoms with van der Waals surface area (Å²) in [6.45, 7) is 0. The first-order valence-electron chi connectivity index (χ1n) is 7.67. The highest BCUT2D eigenvalue weighted by Crippen LogP contribution is 2.25. The van der Waals surface area contributed by atoms with Crippen LogP contribution in [0.25, 0.3) is 6.08 Å². The zero-order valence-corrected chi connectivity index (χ0v) is 14.6. The van der Waals surface area contributed by atoms with Gasteiger partial charge < -0.3 is 25.0 Å². The molecule has 0 aliphatic carbocycles. The Labute approximate surface area is 154 Å².